The standard InChI is InChI=1S/C33H45N5O5S/c1-21(2)30(28-19-29(36-43-28)42-18-6-14-37-16-12-26(39)13-17-37)33(41)38-15-5-7-27(38)32(40)35-22(3)24-8-10-25(11-9-24)31-23(4)34-20-44-31/h8-11,19-22,26-27,30,39H,5-7,12-18H2,1-4H3,(H,35,40)/t22-,27-,30?/m0/s1. The average Bonchev–Trinajstić information content (AvgIpc) is 3.78. The third-order valence-electron chi connectivity index (χ3n) is 8.79. The summed E-state index contributed by atoms with van der Waals surface area (Å²) in [5, 5.41) is 16.9. The van der Waals surface area contributed by atoms with Gasteiger partial charge >= 0.3 is 0 Å². The predicted octanol–water partition coefficient (Wildman–Crippen LogP) is 4.94. The summed E-state index contributed by atoms with van der Waals surface area (Å²) < 4.78 is 11.5. The van der Waals surface area contributed by atoms with Gasteiger partial charge in [-0.05, 0) is 68.2 Å². The molecule has 2 saturated heterocycles. The minimum atomic E-state index is -0.562. The van der Waals surface area contributed by atoms with Crippen LogP contribution in [0, 0.1) is 12.8 Å². The zero-order valence-corrected chi connectivity index (χ0v) is 27.0. The number of amides is 2. The number of rotatable bonds is 12. The Labute approximate surface area is 263 Å². The number of carbonyl (C=O) groups is 2. The molecule has 1 aromatic carbocycles. The number of ether oxygens (including phenoxy) is 1. The van der Waals surface area contributed by atoms with Crippen molar-refractivity contribution in [3.05, 3.63) is 52.9 Å². The Morgan fingerprint density at radius 1 is 1.14 bits per heavy atom. The second kappa shape index (κ2) is 14.7. The van der Waals surface area contributed by atoms with Crippen LogP contribution in [0.1, 0.15) is 81.9 Å². The van der Waals surface area contributed by atoms with Gasteiger partial charge in [0.1, 0.15) is 12.0 Å². The molecule has 1 unspecified atom stereocenters. The first kappa shape index (κ1) is 32.1. The summed E-state index contributed by atoms with van der Waals surface area (Å²) in [4.78, 5) is 36.9. The van der Waals surface area contributed by atoms with Crippen LogP contribution < -0.4 is 10.1 Å². The summed E-state index contributed by atoms with van der Waals surface area (Å²) >= 11 is 1.62. The molecule has 2 fully saturated rings. The van der Waals surface area contributed by atoms with Gasteiger partial charge in [0.15, 0.2) is 5.76 Å². The van der Waals surface area contributed by atoms with Gasteiger partial charge in [-0.1, -0.05) is 38.1 Å². The number of thiazole rings is 1. The van der Waals surface area contributed by atoms with Crippen molar-refractivity contribution in [1.82, 2.24) is 25.3 Å². The quantitative estimate of drug-likeness (QED) is 0.272. The van der Waals surface area contributed by atoms with E-state index in [4.69, 9.17) is 9.26 Å². The second-order valence-corrected chi connectivity index (χ2v) is 13.2. The fraction of sp³-hybridized carbons (Fsp3) is 0.576. The van der Waals surface area contributed by atoms with Crippen molar-refractivity contribution in [3.8, 4) is 16.3 Å². The van der Waals surface area contributed by atoms with Crippen LogP contribution in [0.25, 0.3) is 10.4 Å². The number of aryl methyl sites for hydroxylation is 1. The highest BCUT2D eigenvalue weighted by Crippen LogP contribution is 2.33. The molecule has 2 amide bonds. The third-order valence-corrected chi connectivity index (χ3v) is 9.77. The maximum Gasteiger partial charge on any atom is 0.254 e. The van der Waals surface area contributed by atoms with Crippen molar-refractivity contribution in [2.75, 3.05) is 32.8 Å². The van der Waals surface area contributed by atoms with Gasteiger partial charge < -0.3 is 29.5 Å². The van der Waals surface area contributed by atoms with E-state index in [1.807, 2.05) is 45.3 Å². The minimum absolute atomic E-state index is 0.0540. The largest absolute Gasteiger partial charge is 0.475 e. The van der Waals surface area contributed by atoms with Crippen molar-refractivity contribution in [3.63, 3.8) is 0 Å². The highest BCUT2D eigenvalue weighted by molar-refractivity contribution is 7.13. The normalized spacial score (nSPS) is 19.3. The van der Waals surface area contributed by atoms with Crippen molar-refractivity contribution in [1.29, 1.82) is 0 Å². The Morgan fingerprint density at radius 3 is 2.57 bits per heavy atom. The molecule has 10 nitrogen and oxygen atoms in total. The topological polar surface area (TPSA) is 121 Å². The van der Waals surface area contributed by atoms with Crippen molar-refractivity contribution in [2.24, 2.45) is 5.92 Å². The molecule has 5 rings (SSSR count). The molecular weight excluding hydrogens is 578 g/mol. The van der Waals surface area contributed by atoms with Crippen LogP contribution in [0.3, 0.4) is 0 Å². The minimum Gasteiger partial charge on any atom is -0.475 e. The number of aliphatic hydroxyl groups excluding tert-OH is 1. The average molecular weight is 624 g/mol. The summed E-state index contributed by atoms with van der Waals surface area (Å²) in [7, 11) is 0. The SMILES string of the molecule is Cc1ncsc1-c1ccc([C@H](C)NC(=O)[C@@H]2CCCN2C(=O)C(c2cc(OCCCN3CCC(O)CC3)no2)C(C)C)cc1. The number of nitrogens with zero attached hydrogens (tertiary/aromatic N) is 4. The van der Waals surface area contributed by atoms with Gasteiger partial charge in [0.25, 0.3) is 5.88 Å². The molecule has 44 heavy (non-hydrogen) atoms. The molecule has 11 heteroatoms. The molecule has 0 bridgehead atoms. The number of benzene rings is 1. The summed E-state index contributed by atoms with van der Waals surface area (Å²) in [6.07, 6.45) is 3.69. The Hall–Kier alpha value is -3.28. The molecule has 0 aliphatic carbocycles. The number of piperidine rings is 1. The highest BCUT2D eigenvalue weighted by Gasteiger charge is 2.40. The van der Waals surface area contributed by atoms with Crippen LogP contribution in [0.2, 0.25) is 0 Å². The molecule has 0 spiro atoms. The van der Waals surface area contributed by atoms with Crippen LogP contribution in [0.15, 0.2) is 40.4 Å². The molecule has 0 saturated carbocycles. The van der Waals surface area contributed by atoms with Gasteiger partial charge in [-0.2, -0.15) is 0 Å². The zero-order chi connectivity index (χ0) is 31.2. The lowest BCUT2D eigenvalue weighted by Crippen LogP contribution is -2.48. The number of aliphatic hydroxyl groups is 1. The smallest absolute Gasteiger partial charge is 0.254 e. The van der Waals surface area contributed by atoms with E-state index in [0.29, 0.717) is 31.2 Å². The molecule has 2 aliphatic heterocycles. The molecular formula is C33H45N5O5S. The molecule has 238 valence electrons. The number of hydrogen-bond donors (Lipinski definition) is 2. The van der Waals surface area contributed by atoms with Crippen molar-refractivity contribution < 1.29 is 24.0 Å². The lowest BCUT2D eigenvalue weighted by atomic mass is 9.91. The fourth-order valence-electron chi connectivity index (χ4n) is 6.21. The van der Waals surface area contributed by atoms with E-state index in [-0.39, 0.29) is 29.9 Å². The van der Waals surface area contributed by atoms with E-state index in [2.05, 4.69) is 32.5 Å². The summed E-state index contributed by atoms with van der Waals surface area (Å²) in [6.45, 7) is 11.7. The third kappa shape index (κ3) is 7.68. The number of hydrogen-bond acceptors (Lipinski definition) is 9. The zero-order valence-electron chi connectivity index (χ0n) is 26.2. The van der Waals surface area contributed by atoms with E-state index < -0.39 is 12.0 Å². The maximum absolute atomic E-state index is 13.9. The fourth-order valence-corrected chi connectivity index (χ4v) is 7.02. The molecule has 3 aromatic rings. The molecule has 4 heterocycles. The van der Waals surface area contributed by atoms with Crippen LogP contribution in [-0.2, 0) is 9.59 Å². The molecule has 2 aromatic heterocycles. The molecule has 3 atom stereocenters. The van der Waals surface area contributed by atoms with Gasteiger partial charge in [0.2, 0.25) is 11.8 Å². The Balaban J connectivity index is 1.16. The van der Waals surface area contributed by atoms with Crippen LogP contribution in [0.5, 0.6) is 5.88 Å². The Kier molecular flexibility index (Phi) is 10.7. The van der Waals surface area contributed by atoms with Crippen molar-refractivity contribution in [2.45, 2.75) is 83.9 Å². The first-order valence-corrected chi connectivity index (χ1v) is 16.7. The van der Waals surface area contributed by atoms with Crippen LogP contribution >= 0.6 is 11.3 Å². The first-order chi connectivity index (χ1) is 21.2. The van der Waals surface area contributed by atoms with Gasteiger partial charge in [0, 0.05) is 32.2 Å². The van der Waals surface area contributed by atoms with E-state index in [1.165, 1.54) is 0 Å². The maximum atomic E-state index is 13.9. The summed E-state index contributed by atoms with van der Waals surface area (Å²) in [6, 6.07) is 9.18. The molecule has 2 N–H and O–H groups in total. The van der Waals surface area contributed by atoms with E-state index >= 15 is 0 Å². The van der Waals surface area contributed by atoms with Gasteiger partial charge in [-0.25, -0.2) is 4.98 Å². The summed E-state index contributed by atoms with van der Waals surface area (Å²) in [5.41, 5.74) is 4.97. The molecule has 2 aliphatic rings. The monoisotopic (exact) mass is 623 g/mol. The van der Waals surface area contributed by atoms with Crippen molar-refractivity contribution >= 4 is 23.2 Å². The van der Waals surface area contributed by atoms with Gasteiger partial charge in [-0.3, -0.25) is 9.59 Å². The predicted molar refractivity (Wildman–Crippen MR) is 169 cm³/mol. The number of carbonyl (C=O) groups excluding carboxylic acids is 2. The van der Waals surface area contributed by atoms with Gasteiger partial charge in [0.05, 0.1) is 34.8 Å². The Bertz CT molecular complexity index is 1380. The summed E-state index contributed by atoms with van der Waals surface area (Å²) in [5.74, 6) is -0.0493. The number of aromatic nitrogens is 2. The van der Waals surface area contributed by atoms with Crippen LogP contribution in [-0.4, -0.2) is 81.8 Å². The number of likely N-dealkylation sites (tertiary alicyclic amines) is 2. The Morgan fingerprint density at radius 2 is 1.89 bits per heavy atom. The lowest BCUT2D eigenvalue weighted by molar-refractivity contribution is -0.141. The van der Waals surface area contributed by atoms with E-state index in [1.54, 1.807) is 22.3 Å². The lowest BCUT2D eigenvalue weighted by Gasteiger charge is -2.29. The second-order valence-electron chi connectivity index (χ2n) is 12.4. The molecule has 0 radical (unpaired) electrons. The van der Waals surface area contributed by atoms with Crippen LogP contribution in [0.4, 0.5) is 0 Å². The van der Waals surface area contributed by atoms with E-state index in [0.717, 1.165) is 67.0 Å². The van der Waals surface area contributed by atoms with E-state index in [9.17, 15) is 14.7 Å². The first-order valence-electron chi connectivity index (χ1n) is 15.8. The van der Waals surface area contributed by atoms with Gasteiger partial charge in [-0.15, -0.1) is 11.3 Å². The number of nitrogens with one attached hydrogen (secondary N) is 1. The highest BCUT2D eigenvalue weighted by atomic mass is 32.1.